The van der Waals surface area contributed by atoms with E-state index in [2.05, 4.69) is 47.6 Å². The zero-order valence-electron chi connectivity index (χ0n) is 39.6. The lowest BCUT2D eigenvalue weighted by Gasteiger charge is -2.71. The van der Waals surface area contributed by atoms with Crippen LogP contribution in [0.5, 0.6) is 0 Å². The van der Waals surface area contributed by atoms with Gasteiger partial charge in [0.05, 0.1) is 25.4 Å². The minimum Gasteiger partial charge on any atom is -0.479 e. The Morgan fingerprint density at radius 3 is 1.98 bits per heavy atom. The number of Topliss-reactive ketones (excluding diaryl/α,β-unsaturated/α-hetero) is 1. The van der Waals surface area contributed by atoms with Crippen molar-refractivity contribution in [1.29, 1.82) is 0 Å². The summed E-state index contributed by atoms with van der Waals surface area (Å²) >= 11 is 0. The summed E-state index contributed by atoms with van der Waals surface area (Å²) in [4.78, 5) is 26.3. The molecule has 0 aromatic carbocycles. The van der Waals surface area contributed by atoms with Gasteiger partial charge in [-0.3, -0.25) is 4.79 Å². The van der Waals surface area contributed by atoms with Gasteiger partial charge in [-0.2, -0.15) is 0 Å². The number of fused-ring (bicyclic) bond motifs is 7. The molecule has 376 valence electrons. The van der Waals surface area contributed by atoms with Crippen LogP contribution in [-0.4, -0.2) is 174 Å². The quantitative estimate of drug-likeness (QED) is 0.114. The second kappa shape index (κ2) is 17.5. The molecule has 0 radical (unpaired) electrons. The van der Waals surface area contributed by atoms with Gasteiger partial charge in [0, 0.05) is 17.3 Å². The molecule has 0 spiro atoms. The number of hydrogen-bond donors (Lipinski definition) is 10. The normalized spacial score (nSPS) is 54.8. The highest BCUT2D eigenvalue weighted by Gasteiger charge is 2.70. The molecule has 7 fully saturated rings. The molecule has 0 bridgehead atoms. The van der Waals surface area contributed by atoms with Crippen LogP contribution in [0.2, 0.25) is 0 Å². The third kappa shape index (κ3) is 7.70. The Kier molecular flexibility index (Phi) is 13.5. The Morgan fingerprint density at radius 2 is 1.35 bits per heavy atom. The lowest BCUT2D eigenvalue weighted by atomic mass is 9.33. The van der Waals surface area contributed by atoms with Crippen molar-refractivity contribution in [3.05, 3.63) is 11.6 Å². The van der Waals surface area contributed by atoms with Crippen LogP contribution >= 0.6 is 0 Å². The van der Waals surface area contributed by atoms with E-state index in [1.165, 1.54) is 12.5 Å². The molecule has 0 amide bonds. The van der Waals surface area contributed by atoms with E-state index < -0.39 is 116 Å². The van der Waals surface area contributed by atoms with E-state index in [-0.39, 0.29) is 51.4 Å². The second-order valence-electron chi connectivity index (χ2n) is 23.4. The van der Waals surface area contributed by atoms with Gasteiger partial charge < -0.3 is 79.5 Å². The van der Waals surface area contributed by atoms with E-state index >= 15 is 0 Å². The summed E-state index contributed by atoms with van der Waals surface area (Å²) < 4.78 is 36.2. The molecule has 18 nitrogen and oxygen atoms in total. The topological polar surface area (TPSA) is 292 Å². The summed E-state index contributed by atoms with van der Waals surface area (Å²) in [6.45, 7) is 16.0. The first-order chi connectivity index (χ1) is 30.7. The van der Waals surface area contributed by atoms with Gasteiger partial charge in [0.15, 0.2) is 25.0 Å². The van der Waals surface area contributed by atoms with Gasteiger partial charge in [0.25, 0.3) is 0 Å². The van der Waals surface area contributed by atoms with Crippen LogP contribution in [0.1, 0.15) is 113 Å². The van der Waals surface area contributed by atoms with Crippen molar-refractivity contribution in [1.82, 2.24) is 0 Å². The molecule has 0 aromatic rings. The number of rotatable bonds is 9. The van der Waals surface area contributed by atoms with Crippen molar-refractivity contribution in [3.63, 3.8) is 0 Å². The average Bonchev–Trinajstić information content (AvgIpc) is 3.25. The summed E-state index contributed by atoms with van der Waals surface area (Å²) in [5.74, 6) is -0.928. The van der Waals surface area contributed by atoms with E-state index in [4.69, 9.17) is 28.4 Å². The number of ether oxygens (including phenoxy) is 6. The monoisotopic (exact) mass is 941 g/mol. The standard InChI is InChI=1S/C48H76O18/c1-21-29(52)31(54)35(58)40(61-21)65-37-32(55)30(53)24(19-49)62-41(37)66-38-34(57)33(56)36(39(59)60)64-42(38)63-28-12-13-45(5)25(46(28,6)20-50)11-14-48(8)26(45)10-9-22-23-17-43(2,3)18-27(51)44(23,4)15-16-47(22,48)7/h9,21,23-26,28-38,40-42,49-50,52-58H,10-20H2,1-8H3,(H,59,60)/t21-,23-,24+,25-,26+,28-,29-,30-,31+,32-,33-,34-,35+,36-,37+,38+,40-,41-,42+,44+,45-,46+,47+,48+/m0/s1. The zero-order valence-corrected chi connectivity index (χ0v) is 39.6. The fraction of sp³-hybridized carbons (Fsp3) is 0.917. The Hall–Kier alpha value is -1.72. The molecule has 8 aliphatic rings. The molecule has 66 heavy (non-hydrogen) atoms. The third-order valence-electron chi connectivity index (χ3n) is 19.2. The van der Waals surface area contributed by atoms with E-state index in [1.807, 2.05) is 6.92 Å². The highest BCUT2D eigenvalue weighted by Crippen LogP contribution is 2.75. The fourth-order valence-corrected chi connectivity index (χ4v) is 14.9. The molecule has 10 N–H and O–H groups in total. The smallest absolute Gasteiger partial charge is 0.335 e. The maximum absolute atomic E-state index is 13.8. The molecule has 3 heterocycles. The Bertz CT molecular complexity index is 1860. The van der Waals surface area contributed by atoms with E-state index in [9.17, 15) is 60.7 Å². The molecule has 0 aromatic heterocycles. The molecular formula is C48H76O18. The van der Waals surface area contributed by atoms with Gasteiger partial charge in [-0.15, -0.1) is 0 Å². The van der Waals surface area contributed by atoms with Crippen LogP contribution in [0.25, 0.3) is 0 Å². The number of aliphatic hydroxyl groups excluding tert-OH is 9. The van der Waals surface area contributed by atoms with Gasteiger partial charge in [-0.1, -0.05) is 60.1 Å². The van der Waals surface area contributed by atoms with Gasteiger partial charge >= 0.3 is 5.97 Å². The van der Waals surface area contributed by atoms with Crippen LogP contribution in [0, 0.1) is 50.2 Å². The molecular weight excluding hydrogens is 865 g/mol. The summed E-state index contributed by atoms with van der Waals surface area (Å²) in [5, 5.41) is 108. The fourth-order valence-electron chi connectivity index (χ4n) is 14.9. The van der Waals surface area contributed by atoms with Crippen molar-refractivity contribution in [3.8, 4) is 0 Å². The minimum absolute atomic E-state index is 0.0830. The van der Waals surface area contributed by atoms with Crippen molar-refractivity contribution in [2.75, 3.05) is 13.2 Å². The predicted molar refractivity (Wildman–Crippen MR) is 230 cm³/mol. The number of allylic oxidation sites excluding steroid dienone is 2. The second-order valence-corrected chi connectivity index (χ2v) is 23.4. The van der Waals surface area contributed by atoms with E-state index in [0.717, 1.165) is 38.5 Å². The lowest BCUT2D eigenvalue weighted by molar-refractivity contribution is -0.396. The largest absolute Gasteiger partial charge is 0.479 e. The first kappa shape index (κ1) is 50.7. The summed E-state index contributed by atoms with van der Waals surface area (Å²) in [6.07, 6.45) is -17.8. The maximum Gasteiger partial charge on any atom is 0.335 e. The number of aliphatic carboxylic acids is 1. The Morgan fingerprint density at radius 1 is 0.712 bits per heavy atom. The third-order valence-corrected chi connectivity index (χ3v) is 19.2. The summed E-state index contributed by atoms with van der Waals surface area (Å²) in [5.41, 5.74) is -0.509. The molecule has 0 unspecified atom stereocenters. The minimum atomic E-state index is -2.07. The highest BCUT2D eigenvalue weighted by atomic mass is 16.8. The molecule has 8 rings (SSSR count). The molecule has 3 saturated heterocycles. The number of carboxylic acids is 1. The Labute approximate surface area is 386 Å². The first-order valence-corrected chi connectivity index (χ1v) is 24.1. The average molecular weight is 941 g/mol. The lowest BCUT2D eigenvalue weighted by Crippen LogP contribution is -2.68. The molecule has 24 atom stereocenters. The van der Waals surface area contributed by atoms with Crippen LogP contribution in [0.4, 0.5) is 0 Å². The molecule has 4 saturated carbocycles. The number of carbonyl (C=O) groups is 2. The zero-order chi connectivity index (χ0) is 48.4. The summed E-state index contributed by atoms with van der Waals surface area (Å²) in [7, 11) is 0. The maximum atomic E-state index is 13.8. The van der Waals surface area contributed by atoms with Crippen molar-refractivity contribution < 1.29 is 89.1 Å². The predicted octanol–water partition coefficient (Wildman–Crippen LogP) is 0.913. The number of aliphatic hydroxyl groups is 9. The number of carbonyl (C=O) groups excluding carboxylic acids is 1. The van der Waals surface area contributed by atoms with Crippen LogP contribution in [0.3, 0.4) is 0 Å². The van der Waals surface area contributed by atoms with Gasteiger partial charge in [-0.05, 0) is 97.7 Å². The van der Waals surface area contributed by atoms with E-state index in [0.29, 0.717) is 25.0 Å². The van der Waals surface area contributed by atoms with Gasteiger partial charge in [0.2, 0.25) is 0 Å². The van der Waals surface area contributed by atoms with Crippen LogP contribution in [0.15, 0.2) is 11.6 Å². The van der Waals surface area contributed by atoms with Gasteiger partial charge in [0.1, 0.15) is 66.8 Å². The van der Waals surface area contributed by atoms with Crippen molar-refractivity contribution in [2.45, 2.75) is 211 Å². The highest BCUT2D eigenvalue weighted by molar-refractivity contribution is 5.87. The summed E-state index contributed by atoms with van der Waals surface area (Å²) in [6, 6.07) is 0. The Balaban J connectivity index is 1.08. The number of hydrogen-bond acceptors (Lipinski definition) is 17. The van der Waals surface area contributed by atoms with Crippen molar-refractivity contribution >= 4 is 11.8 Å². The van der Waals surface area contributed by atoms with Gasteiger partial charge in [-0.25, -0.2) is 4.79 Å². The van der Waals surface area contributed by atoms with Crippen LogP contribution in [-0.2, 0) is 38.0 Å². The number of ketones is 1. The van der Waals surface area contributed by atoms with Crippen molar-refractivity contribution in [2.24, 2.45) is 50.2 Å². The number of carboxylic acid groups (broad SMARTS) is 1. The van der Waals surface area contributed by atoms with Crippen LogP contribution < -0.4 is 0 Å². The first-order valence-electron chi connectivity index (χ1n) is 24.1. The van der Waals surface area contributed by atoms with E-state index in [1.54, 1.807) is 0 Å². The molecule has 18 heteroatoms. The molecule has 5 aliphatic carbocycles. The SMILES string of the molecule is C[C@@H]1O[C@@H](O[C@H]2[C@H](O[C@H]3[C@H](O[C@H]4CC[C@@]5(C)[C@H](CC[C@]6(C)[C@@H]5CC=C5[C@@H]7CC(C)(C)CC(=O)[C@]7(C)CC[C@]56C)[C@@]4(C)CO)O[C@H](C(=O)O)[C@@H](O)[C@@H]3O)O[C@H](CO)[C@H](O)[C@@H]2O)[C@H](O)[C@H](O)[C@H]1O. The molecule has 3 aliphatic heterocycles.